The monoisotopic (exact) mass is 425 g/mol. The average Bonchev–Trinajstić information content (AvgIpc) is 2.78. The number of carbonyl (C=O) groups excluding carboxylic acids is 1. The molecule has 1 aromatic heterocycles. The molecule has 170 valence electrons. The molecule has 1 saturated heterocycles. The summed E-state index contributed by atoms with van der Waals surface area (Å²) in [5.41, 5.74) is 2.33. The van der Waals surface area contributed by atoms with Crippen molar-refractivity contribution in [3.63, 3.8) is 0 Å². The maximum Gasteiger partial charge on any atom is 0.222 e. The fourth-order valence-corrected chi connectivity index (χ4v) is 4.14. The molecule has 0 unspecified atom stereocenters. The zero-order chi connectivity index (χ0) is 22.1. The van der Waals surface area contributed by atoms with Gasteiger partial charge in [0.2, 0.25) is 5.91 Å². The van der Waals surface area contributed by atoms with Crippen LogP contribution in [0, 0.1) is 5.92 Å². The molecule has 5 heteroatoms. The number of carbonyl (C=O) groups is 1. The largest absolute Gasteiger partial charge is 0.488 e. The molecule has 0 bridgehead atoms. The Balaban J connectivity index is 1.46. The number of amides is 1. The second kappa shape index (κ2) is 12.0. The molecule has 1 aromatic carbocycles. The fraction of sp³-hybridized carbons (Fsp3) is 0.615. The number of aryl methyl sites for hydroxylation is 1. The molecule has 0 spiro atoms. The maximum atomic E-state index is 11.6. The van der Waals surface area contributed by atoms with E-state index in [1.54, 1.807) is 0 Å². The molecule has 0 atom stereocenters. The van der Waals surface area contributed by atoms with Gasteiger partial charge in [0.1, 0.15) is 17.4 Å². The Bertz CT molecular complexity index is 829. The van der Waals surface area contributed by atoms with Gasteiger partial charge in [0, 0.05) is 37.1 Å². The van der Waals surface area contributed by atoms with Crippen molar-refractivity contribution in [1.29, 1.82) is 0 Å². The second-order valence-corrected chi connectivity index (χ2v) is 9.08. The Morgan fingerprint density at radius 2 is 2.03 bits per heavy atom. The first-order chi connectivity index (χ1) is 15.1. The van der Waals surface area contributed by atoms with Gasteiger partial charge in [0.05, 0.1) is 0 Å². The number of nitrogens with zero attached hydrogens (tertiary/aromatic N) is 2. The highest BCUT2D eigenvalue weighted by Crippen LogP contribution is 2.29. The Morgan fingerprint density at radius 3 is 2.77 bits per heavy atom. The smallest absolute Gasteiger partial charge is 0.222 e. The lowest BCUT2D eigenvalue weighted by atomic mass is 10.0. The van der Waals surface area contributed by atoms with Crippen molar-refractivity contribution in [2.45, 2.75) is 71.8 Å². The molecule has 2 aromatic rings. The summed E-state index contributed by atoms with van der Waals surface area (Å²) in [6.07, 6.45) is 9.87. The molecule has 0 aliphatic carbocycles. The quantitative estimate of drug-likeness (QED) is 0.516. The molecule has 3 rings (SSSR count). The van der Waals surface area contributed by atoms with E-state index in [4.69, 9.17) is 4.74 Å². The normalized spacial score (nSPS) is 15.5. The minimum Gasteiger partial charge on any atom is -0.488 e. The topological polar surface area (TPSA) is 54.5 Å². The molecule has 5 nitrogen and oxygen atoms in total. The van der Waals surface area contributed by atoms with Crippen LogP contribution in [0.25, 0.3) is 10.9 Å². The van der Waals surface area contributed by atoms with Crippen molar-refractivity contribution in [1.82, 2.24) is 15.2 Å². The van der Waals surface area contributed by atoms with Crippen LogP contribution in [-0.2, 0) is 11.2 Å². The molecule has 2 heterocycles. The Kier molecular flexibility index (Phi) is 9.13. The number of aromatic nitrogens is 1. The summed E-state index contributed by atoms with van der Waals surface area (Å²) in [6.45, 7) is 10.1. The fourth-order valence-electron chi connectivity index (χ4n) is 4.14. The average molecular weight is 426 g/mol. The van der Waals surface area contributed by atoms with E-state index in [1.807, 2.05) is 26.1 Å². The Labute approximate surface area is 187 Å². The standard InChI is InChI=1S/C26H39N3O2/c1-4-5-9-21-18-22-10-8-14-27-25(22)24(19-21)31-23-11-16-29(17-12-23)15-7-6-13-28-26(30)20(2)3/h8,10,14,18-20,23H,4-7,9,11-13,15-17H2,1-3H3,(H,28,30). The third-order valence-corrected chi connectivity index (χ3v) is 6.10. The molecule has 0 saturated carbocycles. The number of benzene rings is 1. The van der Waals surface area contributed by atoms with Crippen molar-refractivity contribution in [3.8, 4) is 5.75 Å². The van der Waals surface area contributed by atoms with Gasteiger partial charge in [0.25, 0.3) is 0 Å². The molecule has 1 fully saturated rings. The zero-order valence-corrected chi connectivity index (χ0v) is 19.5. The van der Waals surface area contributed by atoms with Crippen LogP contribution >= 0.6 is 0 Å². The van der Waals surface area contributed by atoms with Crippen LogP contribution in [0.15, 0.2) is 30.5 Å². The van der Waals surface area contributed by atoms with Crippen LogP contribution in [-0.4, -0.2) is 48.1 Å². The number of pyridine rings is 1. The third kappa shape index (κ3) is 7.20. The van der Waals surface area contributed by atoms with Gasteiger partial charge in [-0.05, 0) is 68.8 Å². The highest BCUT2D eigenvalue weighted by Gasteiger charge is 2.21. The van der Waals surface area contributed by atoms with Gasteiger partial charge < -0.3 is 15.0 Å². The van der Waals surface area contributed by atoms with Gasteiger partial charge in [-0.15, -0.1) is 0 Å². The number of fused-ring (bicyclic) bond motifs is 1. The van der Waals surface area contributed by atoms with Crippen molar-refractivity contribution >= 4 is 16.8 Å². The number of piperidine rings is 1. The summed E-state index contributed by atoms with van der Waals surface area (Å²) in [4.78, 5) is 18.7. The summed E-state index contributed by atoms with van der Waals surface area (Å²) in [6, 6.07) is 8.61. The van der Waals surface area contributed by atoms with Crippen molar-refractivity contribution in [3.05, 3.63) is 36.0 Å². The van der Waals surface area contributed by atoms with E-state index in [0.717, 1.165) is 69.5 Å². The number of ether oxygens (including phenoxy) is 1. The van der Waals surface area contributed by atoms with Crippen molar-refractivity contribution in [2.75, 3.05) is 26.2 Å². The van der Waals surface area contributed by atoms with Crippen LogP contribution in [0.5, 0.6) is 5.75 Å². The predicted octanol–water partition coefficient (Wildman–Crippen LogP) is 4.97. The van der Waals surface area contributed by atoms with E-state index in [2.05, 4.69) is 40.3 Å². The first-order valence-electron chi connectivity index (χ1n) is 12.1. The molecule has 31 heavy (non-hydrogen) atoms. The second-order valence-electron chi connectivity index (χ2n) is 9.08. The van der Waals surface area contributed by atoms with Gasteiger partial charge >= 0.3 is 0 Å². The van der Waals surface area contributed by atoms with E-state index in [0.29, 0.717) is 0 Å². The number of rotatable bonds is 11. The van der Waals surface area contributed by atoms with Gasteiger partial charge in [0.15, 0.2) is 0 Å². The van der Waals surface area contributed by atoms with Gasteiger partial charge in [-0.1, -0.05) is 33.3 Å². The zero-order valence-electron chi connectivity index (χ0n) is 19.5. The SMILES string of the molecule is CCCCc1cc(OC2CCN(CCCCNC(=O)C(C)C)CC2)c2ncccc2c1. The van der Waals surface area contributed by atoms with Gasteiger partial charge in [-0.25, -0.2) is 0 Å². The number of likely N-dealkylation sites (tertiary alicyclic amines) is 1. The van der Waals surface area contributed by atoms with Crippen molar-refractivity contribution < 1.29 is 9.53 Å². The number of hydrogen-bond donors (Lipinski definition) is 1. The minimum atomic E-state index is 0.0682. The summed E-state index contributed by atoms with van der Waals surface area (Å²) < 4.78 is 6.49. The van der Waals surface area contributed by atoms with Crippen LogP contribution < -0.4 is 10.1 Å². The molecule has 1 amide bonds. The summed E-state index contributed by atoms with van der Waals surface area (Å²) in [5.74, 6) is 1.17. The van der Waals surface area contributed by atoms with E-state index >= 15 is 0 Å². The number of unbranched alkanes of at least 4 members (excludes halogenated alkanes) is 2. The van der Waals surface area contributed by atoms with E-state index < -0.39 is 0 Å². The molecule has 1 aliphatic rings. The number of nitrogens with one attached hydrogen (secondary N) is 1. The van der Waals surface area contributed by atoms with Crippen LogP contribution in [0.1, 0.15) is 64.9 Å². The Morgan fingerprint density at radius 1 is 1.23 bits per heavy atom. The lowest BCUT2D eigenvalue weighted by Crippen LogP contribution is -2.39. The molecular formula is C26H39N3O2. The minimum absolute atomic E-state index is 0.0682. The van der Waals surface area contributed by atoms with Gasteiger partial charge in [-0.3, -0.25) is 9.78 Å². The van der Waals surface area contributed by atoms with E-state index in [1.165, 1.54) is 23.8 Å². The predicted molar refractivity (Wildman–Crippen MR) is 128 cm³/mol. The third-order valence-electron chi connectivity index (χ3n) is 6.10. The van der Waals surface area contributed by atoms with Gasteiger partial charge in [-0.2, -0.15) is 0 Å². The first kappa shape index (κ1) is 23.5. The molecule has 0 radical (unpaired) electrons. The van der Waals surface area contributed by atoms with Crippen LogP contribution in [0.3, 0.4) is 0 Å². The highest BCUT2D eigenvalue weighted by atomic mass is 16.5. The maximum absolute atomic E-state index is 11.6. The van der Waals surface area contributed by atoms with E-state index in [9.17, 15) is 4.79 Å². The first-order valence-corrected chi connectivity index (χ1v) is 12.1. The lowest BCUT2D eigenvalue weighted by molar-refractivity contribution is -0.123. The molecule has 1 N–H and O–H groups in total. The van der Waals surface area contributed by atoms with Crippen LogP contribution in [0.4, 0.5) is 0 Å². The lowest BCUT2D eigenvalue weighted by Gasteiger charge is -2.32. The summed E-state index contributed by atoms with van der Waals surface area (Å²) in [7, 11) is 0. The molecule has 1 aliphatic heterocycles. The van der Waals surface area contributed by atoms with Crippen molar-refractivity contribution in [2.24, 2.45) is 5.92 Å². The molecular weight excluding hydrogens is 386 g/mol. The Hall–Kier alpha value is -2.14. The van der Waals surface area contributed by atoms with E-state index in [-0.39, 0.29) is 17.9 Å². The van der Waals surface area contributed by atoms with Crippen LogP contribution in [0.2, 0.25) is 0 Å². The summed E-state index contributed by atoms with van der Waals surface area (Å²) >= 11 is 0. The number of hydrogen-bond acceptors (Lipinski definition) is 4. The highest BCUT2D eigenvalue weighted by molar-refractivity contribution is 5.85. The summed E-state index contributed by atoms with van der Waals surface area (Å²) in [5, 5.41) is 4.18.